The molecule has 1 aromatic rings. The largest absolute Gasteiger partial charge is 0.480 e. The van der Waals surface area contributed by atoms with Crippen LogP contribution in [0.2, 0.25) is 0 Å². The minimum absolute atomic E-state index is 0.158. The number of aliphatic carboxylic acids is 1. The second-order valence-electron chi connectivity index (χ2n) is 4.86. The number of carboxylic acids is 1. The van der Waals surface area contributed by atoms with E-state index in [4.69, 9.17) is 5.11 Å². The number of hydrogen-bond donors (Lipinski definition) is 4. The van der Waals surface area contributed by atoms with Gasteiger partial charge in [0.15, 0.2) is 0 Å². The molecule has 6 nitrogen and oxygen atoms in total. The molecule has 0 spiro atoms. The molecule has 22 heavy (non-hydrogen) atoms. The van der Waals surface area contributed by atoms with E-state index in [0.717, 1.165) is 5.56 Å². The minimum atomic E-state index is -1.13. The highest BCUT2D eigenvalue weighted by Gasteiger charge is 2.23. The zero-order valence-corrected chi connectivity index (χ0v) is 13.2. The van der Waals surface area contributed by atoms with Gasteiger partial charge >= 0.3 is 5.97 Å². The van der Waals surface area contributed by atoms with Crippen LogP contribution in [-0.4, -0.2) is 40.7 Å². The SMILES string of the molecule is C[C@H](NC(=O)[C@H](CCS)NC(=O)Cc1ccccc1)C(=O)O. The van der Waals surface area contributed by atoms with Crippen molar-refractivity contribution in [2.24, 2.45) is 0 Å². The lowest BCUT2D eigenvalue weighted by atomic mass is 10.1. The van der Waals surface area contributed by atoms with Crippen molar-refractivity contribution in [2.75, 3.05) is 5.75 Å². The second-order valence-corrected chi connectivity index (χ2v) is 5.31. The Morgan fingerprint density at radius 2 is 1.82 bits per heavy atom. The van der Waals surface area contributed by atoms with Crippen LogP contribution >= 0.6 is 12.6 Å². The molecule has 0 aliphatic heterocycles. The van der Waals surface area contributed by atoms with Crippen molar-refractivity contribution < 1.29 is 19.5 Å². The number of carbonyl (C=O) groups excluding carboxylic acids is 2. The van der Waals surface area contributed by atoms with E-state index >= 15 is 0 Å². The molecule has 1 rings (SSSR count). The van der Waals surface area contributed by atoms with Gasteiger partial charge in [0, 0.05) is 0 Å². The van der Waals surface area contributed by atoms with Gasteiger partial charge in [-0.1, -0.05) is 30.3 Å². The molecule has 2 atom stereocenters. The lowest BCUT2D eigenvalue weighted by molar-refractivity contribution is -0.141. The Labute approximate surface area is 134 Å². The smallest absolute Gasteiger partial charge is 0.325 e. The lowest BCUT2D eigenvalue weighted by Gasteiger charge is -2.19. The first-order chi connectivity index (χ1) is 10.4. The number of thiol groups is 1. The van der Waals surface area contributed by atoms with Crippen LogP contribution in [0.5, 0.6) is 0 Å². The van der Waals surface area contributed by atoms with Gasteiger partial charge in [-0.25, -0.2) is 0 Å². The summed E-state index contributed by atoms with van der Waals surface area (Å²) in [6, 6.07) is 7.34. The summed E-state index contributed by atoms with van der Waals surface area (Å²) in [6.45, 7) is 1.36. The molecule has 1 aromatic carbocycles. The van der Waals surface area contributed by atoms with Crippen molar-refractivity contribution in [1.82, 2.24) is 10.6 Å². The van der Waals surface area contributed by atoms with Crippen LogP contribution in [0.4, 0.5) is 0 Å². The first-order valence-electron chi connectivity index (χ1n) is 6.91. The number of nitrogens with one attached hydrogen (secondary N) is 2. The molecule has 0 aromatic heterocycles. The average Bonchev–Trinajstić information content (AvgIpc) is 2.47. The van der Waals surface area contributed by atoms with E-state index < -0.39 is 24.0 Å². The van der Waals surface area contributed by atoms with Gasteiger partial charge in [-0.05, 0) is 24.7 Å². The van der Waals surface area contributed by atoms with Crippen LogP contribution in [0.3, 0.4) is 0 Å². The highest BCUT2D eigenvalue weighted by atomic mass is 32.1. The summed E-state index contributed by atoms with van der Waals surface area (Å²) in [4.78, 5) is 34.8. The van der Waals surface area contributed by atoms with Gasteiger partial charge in [-0.3, -0.25) is 14.4 Å². The summed E-state index contributed by atoms with van der Waals surface area (Å²) in [5.74, 6) is -1.56. The summed E-state index contributed by atoms with van der Waals surface area (Å²) in [6.07, 6.45) is 0.480. The zero-order valence-electron chi connectivity index (χ0n) is 12.3. The van der Waals surface area contributed by atoms with Gasteiger partial charge in [0.05, 0.1) is 6.42 Å². The monoisotopic (exact) mass is 324 g/mol. The summed E-state index contributed by atoms with van der Waals surface area (Å²) in [5, 5.41) is 13.8. The molecule has 0 saturated carbocycles. The molecule has 0 fully saturated rings. The first-order valence-corrected chi connectivity index (χ1v) is 7.54. The molecule has 0 aliphatic rings. The lowest BCUT2D eigenvalue weighted by Crippen LogP contribution is -2.51. The Balaban J connectivity index is 2.61. The van der Waals surface area contributed by atoms with Crippen molar-refractivity contribution in [3.63, 3.8) is 0 Å². The molecule has 120 valence electrons. The van der Waals surface area contributed by atoms with Crippen molar-refractivity contribution in [3.05, 3.63) is 35.9 Å². The normalized spacial score (nSPS) is 13.0. The van der Waals surface area contributed by atoms with Crippen LogP contribution in [-0.2, 0) is 20.8 Å². The van der Waals surface area contributed by atoms with Gasteiger partial charge < -0.3 is 15.7 Å². The fourth-order valence-corrected chi connectivity index (χ4v) is 2.06. The number of hydrogen-bond acceptors (Lipinski definition) is 4. The highest BCUT2D eigenvalue weighted by molar-refractivity contribution is 7.80. The van der Waals surface area contributed by atoms with Crippen molar-refractivity contribution in [3.8, 4) is 0 Å². The van der Waals surface area contributed by atoms with E-state index in [1.807, 2.05) is 30.3 Å². The van der Waals surface area contributed by atoms with Crippen molar-refractivity contribution >= 4 is 30.4 Å². The van der Waals surface area contributed by atoms with E-state index in [1.165, 1.54) is 6.92 Å². The minimum Gasteiger partial charge on any atom is -0.480 e. The molecular weight excluding hydrogens is 304 g/mol. The number of rotatable bonds is 8. The van der Waals surface area contributed by atoms with E-state index in [9.17, 15) is 14.4 Å². The van der Waals surface area contributed by atoms with Crippen LogP contribution < -0.4 is 10.6 Å². The van der Waals surface area contributed by atoms with Crippen molar-refractivity contribution in [1.29, 1.82) is 0 Å². The summed E-state index contributed by atoms with van der Waals surface area (Å²) in [7, 11) is 0. The molecule has 3 N–H and O–H groups in total. The standard InChI is InChI=1S/C15H20N2O4S/c1-10(15(20)21)16-14(19)12(7-8-22)17-13(18)9-11-5-3-2-4-6-11/h2-6,10,12,22H,7-9H2,1H3,(H,16,19)(H,17,18)(H,20,21)/t10-,12-/m0/s1. The van der Waals surface area contributed by atoms with Crippen LogP contribution in [0.15, 0.2) is 30.3 Å². The Morgan fingerprint density at radius 1 is 1.18 bits per heavy atom. The van der Waals surface area contributed by atoms with E-state index in [0.29, 0.717) is 12.2 Å². The third kappa shape index (κ3) is 6.17. The molecule has 0 heterocycles. The van der Waals surface area contributed by atoms with Gasteiger partial charge in [0.1, 0.15) is 12.1 Å². The van der Waals surface area contributed by atoms with Crippen LogP contribution in [0.1, 0.15) is 18.9 Å². The van der Waals surface area contributed by atoms with E-state index in [2.05, 4.69) is 23.3 Å². The van der Waals surface area contributed by atoms with Gasteiger partial charge in [0.25, 0.3) is 0 Å². The van der Waals surface area contributed by atoms with Gasteiger partial charge in [-0.15, -0.1) is 0 Å². The quantitative estimate of drug-likeness (QED) is 0.527. The summed E-state index contributed by atoms with van der Waals surface area (Å²) >= 11 is 4.06. The highest BCUT2D eigenvalue weighted by Crippen LogP contribution is 2.02. The molecule has 0 aliphatic carbocycles. The summed E-state index contributed by atoms with van der Waals surface area (Å²) in [5.41, 5.74) is 0.837. The molecule has 0 radical (unpaired) electrons. The fourth-order valence-electron chi connectivity index (χ4n) is 1.80. The maximum atomic E-state index is 12.0. The third-order valence-electron chi connectivity index (χ3n) is 3.01. The number of amides is 2. The van der Waals surface area contributed by atoms with E-state index in [-0.39, 0.29) is 12.3 Å². The van der Waals surface area contributed by atoms with Crippen LogP contribution in [0.25, 0.3) is 0 Å². The number of carbonyl (C=O) groups is 3. The molecule has 0 bridgehead atoms. The Morgan fingerprint density at radius 3 is 2.36 bits per heavy atom. The Kier molecular flexibility index (Phi) is 7.45. The summed E-state index contributed by atoms with van der Waals surface area (Å²) < 4.78 is 0. The van der Waals surface area contributed by atoms with Gasteiger partial charge in [-0.2, -0.15) is 12.6 Å². The Hall–Kier alpha value is -2.02. The molecule has 7 heteroatoms. The predicted octanol–water partition coefficient (Wildman–Crippen LogP) is 0.623. The van der Waals surface area contributed by atoms with Crippen LogP contribution in [0, 0.1) is 0 Å². The first kappa shape index (κ1) is 18.0. The fraction of sp³-hybridized carbons (Fsp3) is 0.400. The molecule has 0 unspecified atom stereocenters. The molecule has 2 amide bonds. The van der Waals surface area contributed by atoms with E-state index in [1.54, 1.807) is 0 Å². The number of benzene rings is 1. The average molecular weight is 324 g/mol. The maximum Gasteiger partial charge on any atom is 0.325 e. The zero-order chi connectivity index (χ0) is 16.5. The molecule has 0 saturated heterocycles. The van der Waals surface area contributed by atoms with Gasteiger partial charge in [0.2, 0.25) is 11.8 Å². The molecular formula is C15H20N2O4S. The third-order valence-corrected chi connectivity index (χ3v) is 3.26. The topological polar surface area (TPSA) is 95.5 Å². The predicted molar refractivity (Wildman–Crippen MR) is 85.8 cm³/mol. The Bertz CT molecular complexity index is 522. The number of carboxylic acid groups (broad SMARTS) is 1. The maximum absolute atomic E-state index is 12.0. The van der Waals surface area contributed by atoms with Crippen molar-refractivity contribution in [2.45, 2.75) is 31.8 Å². The second kappa shape index (κ2) is 9.09.